The number of aromatic nitrogens is 2. The molecule has 2 amide bonds. The zero-order valence-corrected chi connectivity index (χ0v) is 16.1. The molecule has 0 spiro atoms. The molecular formula is C20H22N4O2S. The first-order valence-corrected chi connectivity index (χ1v) is 9.52. The smallest absolute Gasteiger partial charge is 0.262 e. The van der Waals surface area contributed by atoms with Gasteiger partial charge in [-0.2, -0.15) is 5.10 Å². The van der Waals surface area contributed by atoms with E-state index in [0.717, 1.165) is 11.1 Å². The fourth-order valence-electron chi connectivity index (χ4n) is 2.66. The highest BCUT2D eigenvalue weighted by atomic mass is 32.1. The zero-order chi connectivity index (χ0) is 19.3. The van der Waals surface area contributed by atoms with E-state index in [9.17, 15) is 9.59 Å². The van der Waals surface area contributed by atoms with Gasteiger partial charge in [-0.25, -0.2) is 0 Å². The molecule has 140 valence electrons. The van der Waals surface area contributed by atoms with Gasteiger partial charge in [-0.1, -0.05) is 30.3 Å². The standard InChI is InChI=1S/C20H22N4O2S/c1-20(2,23-18(25)17-9-5-12-27-17)19(26)21-13-15-7-3-4-8-16(15)14-24-11-6-10-22-24/h3-12H,13-14H2,1-2H3,(H,21,26)(H,23,25). The van der Waals surface area contributed by atoms with Crippen molar-refractivity contribution in [3.8, 4) is 0 Å². The van der Waals surface area contributed by atoms with Crippen molar-refractivity contribution in [1.82, 2.24) is 20.4 Å². The van der Waals surface area contributed by atoms with Crippen LogP contribution in [-0.2, 0) is 17.9 Å². The molecule has 2 N–H and O–H groups in total. The number of benzene rings is 1. The van der Waals surface area contributed by atoms with Crippen molar-refractivity contribution in [3.63, 3.8) is 0 Å². The summed E-state index contributed by atoms with van der Waals surface area (Å²) < 4.78 is 1.84. The van der Waals surface area contributed by atoms with Crippen LogP contribution < -0.4 is 10.6 Å². The second kappa shape index (κ2) is 8.18. The molecular weight excluding hydrogens is 360 g/mol. The highest BCUT2D eigenvalue weighted by molar-refractivity contribution is 7.12. The number of nitrogens with one attached hydrogen (secondary N) is 2. The summed E-state index contributed by atoms with van der Waals surface area (Å²) in [4.78, 5) is 25.5. The first-order valence-electron chi connectivity index (χ1n) is 8.64. The molecule has 1 aromatic carbocycles. The molecule has 3 aromatic rings. The minimum absolute atomic E-state index is 0.235. The van der Waals surface area contributed by atoms with Gasteiger partial charge in [-0.15, -0.1) is 11.3 Å². The SMILES string of the molecule is CC(C)(NC(=O)c1cccs1)C(=O)NCc1ccccc1Cn1cccn1. The zero-order valence-electron chi connectivity index (χ0n) is 15.3. The van der Waals surface area contributed by atoms with Gasteiger partial charge in [-0.3, -0.25) is 14.3 Å². The highest BCUT2D eigenvalue weighted by Gasteiger charge is 2.30. The summed E-state index contributed by atoms with van der Waals surface area (Å²) in [6.45, 7) is 4.42. The quantitative estimate of drug-likeness (QED) is 0.660. The number of hydrogen-bond donors (Lipinski definition) is 2. The number of thiophene rings is 1. The predicted molar refractivity (Wildman–Crippen MR) is 105 cm³/mol. The number of carbonyl (C=O) groups excluding carboxylic acids is 2. The van der Waals surface area contributed by atoms with Gasteiger partial charge in [0.2, 0.25) is 5.91 Å². The largest absolute Gasteiger partial charge is 0.350 e. The Balaban J connectivity index is 1.62. The number of rotatable bonds is 7. The average Bonchev–Trinajstić information content (AvgIpc) is 3.34. The summed E-state index contributed by atoms with van der Waals surface area (Å²) in [5.74, 6) is -0.481. The maximum Gasteiger partial charge on any atom is 0.262 e. The minimum atomic E-state index is -1.02. The molecule has 2 aromatic heterocycles. The lowest BCUT2D eigenvalue weighted by Gasteiger charge is -2.25. The summed E-state index contributed by atoms with van der Waals surface area (Å²) in [5, 5.41) is 11.8. The van der Waals surface area contributed by atoms with E-state index in [2.05, 4.69) is 15.7 Å². The molecule has 0 fully saturated rings. The van der Waals surface area contributed by atoms with E-state index in [1.54, 1.807) is 26.1 Å². The molecule has 3 rings (SSSR count). The second-order valence-electron chi connectivity index (χ2n) is 6.71. The fraction of sp³-hybridized carbons (Fsp3) is 0.250. The Morgan fingerprint density at radius 2 is 1.89 bits per heavy atom. The van der Waals surface area contributed by atoms with Crippen molar-refractivity contribution >= 4 is 23.2 Å². The Bertz CT molecular complexity index is 902. The summed E-state index contributed by atoms with van der Waals surface area (Å²) in [6, 6.07) is 13.3. The first-order chi connectivity index (χ1) is 13.0. The van der Waals surface area contributed by atoms with Crippen LogP contribution in [-0.4, -0.2) is 27.1 Å². The van der Waals surface area contributed by atoms with E-state index in [4.69, 9.17) is 0 Å². The van der Waals surface area contributed by atoms with Crippen LogP contribution in [0.1, 0.15) is 34.6 Å². The van der Waals surface area contributed by atoms with Gasteiger partial charge in [0.25, 0.3) is 5.91 Å². The lowest BCUT2D eigenvalue weighted by Crippen LogP contribution is -2.54. The van der Waals surface area contributed by atoms with Crippen LogP contribution in [0.15, 0.2) is 60.2 Å². The third-order valence-corrected chi connectivity index (χ3v) is 5.06. The summed E-state index contributed by atoms with van der Waals surface area (Å²) in [7, 11) is 0. The van der Waals surface area contributed by atoms with E-state index in [1.807, 2.05) is 52.7 Å². The van der Waals surface area contributed by atoms with Crippen molar-refractivity contribution in [2.24, 2.45) is 0 Å². The van der Waals surface area contributed by atoms with Gasteiger partial charge in [0.05, 0.1) is 11.4 Å². The monoisotopic (exact) mass is 382 g/mol. The molecule has 0 radical (unpaired) electrons. The Kier molecular flexibility index (Phi) is 5.71. The summed E-state index contributed by atoms with van der Waals surface area (Å²) in [5.41, 5.74) is 1.08. The molecule has 7 heteroatoms. The molecule has 0 atom stereocenters. The molecule has 0 saturated heterocycles. The van der Waals surface area contributed by atoms with Gasteiger partial charge in [0, 0.05) is 18.9 Å². The molecule has 6 nitrogen and oxygen atoms in total. The predicted octanol–water partition coefficient (Wildman–Crippen LogP) is 2.82. The molecule has 0 bridgehead atoms. The van der Waals surface area contributed by atoms with Crippen LogP contribution in [0.5, 0.6) is 0 Å². The van der Waals surface area contributed by atoms with Crippen LogP contribution in [0.4, 0.5) is 0 Å². The third kappa shape index (κ3) is 4.83. The van der Waals surface area contributed by atoms with Gasteiger partial charge in [-0.05, 0) is 42.5 Å². The van der Waals surface area contributed by atoms with Gasteiger partial charge >= 0.3 is 0 Å². The van der Waals surface area contributed by atoms with Gasteiger partial charge in [0.1, 0.15) is 5.54 Å². The molecule has 0 unspecified atom stereocenters. The lowest BCUT2D eigenvalue weighted by atomic mass is 10.0. The first kappa shape index (κ1) is 18.8. The topological polar surface area (TPSA) is 76.0 Å². The van der Waals surface area contributed by atoms with Gasteiger partial charge < -0.3 is 10.6 Å². The molecule has 27 heavy (non-hydrogen) atoms. The van der Waals surface area contributed by atoms with Gasteiger partial charge in [0.15, 0.2) is 0 Å². The molecule has 0 saturated carbocycles. The van der Waals surface area contributed by atoms with Crippen molar-refractivity contribution in [1.29, 1.82) is 0 Å². The van der Waals surface area contributed by atoms with E-state index in [0.29, 0.717) is 18.0 Å². The molecule has 0 aliphatic carbocycles. The number of carbonyl (C=O) groups is 2. The van der Waals surface area contributed by atoms with E-state index in [1.165, 1.54) is 11.3 Å². The summed E-state index contributed by atoms with van der Waals surface area (Å²) >= 11 is 1.35. The van der Waals surface area contributed by atoms with Crippen LogP contribution >= 0.6 is 11.3 Å². The molecule has 2 heterocycles. The van der Waals surface area contributed by atoms with E-state index >= 15 is 0 Å². The Hall–Kier alpha value is -2.93. The fourth-order valence-corrected chi connectivity index (χ4v) is 3.28. The maximum atomic E-state index is 12.6. The second-order valence-corrected chi connectivity index (χ2v) is 7.66. The normalized spacial score (nSPS) is 11.2. The molecule has 0 aliphatic heterocycles. The van der Waals surface area contributed by atoms with Crippen LogP contribution in [0.2, 0.25) is 0 Å². The minimum Gasteiger partial charge on any atom is -0.350 e. The van der Waals surface area contributed by atoms with Crippen molar-refractivity contribution in [2.75, 3.05) is 0 Å². The highest BCUT2D eigenvalue weighted by Crippen LogP contribution is 2.13. The maximum absolute atomic E-state index is 12.6. The Morgan fingerprint density at radius 1 is 1.11 bits per heavy atom. The van der Waals surface area contributed by atoms with Crippen LogP contribution in [0, 0.1) is 0 Å². The third-order valence-electron chi connectivity index (χ3n) is 4.19. The summed E-state index contributed by atoms with van der Waals surface area (Å²) in [6.07, 6.45) is 3.64. The van der Waals surface area contributed by atoms with Crippen LogP contribution in [0.25, 0.3) is 0 Å². The van der Waals surface area contributed by atoms with E-state index < -0.39 is 5.54 Å². The Morgan fingerprint density at radius 3 is 2.56 bits per heavy atom. The van der Waals surface area contributed by atoms with Crippen LogP contribution in [0.3, 0.4) is 0 Å². The number of nitrogens with zero attached hydrogens (tertiary/aromatic N) is 2. The van der Waals surface area contributed by atoms with Crippen molar-refractivity contribution < 1.29 is 9.59 Å². The lowest BCUT2D eigenvalue weighted by molar-refractivity contribution is -0.126. The number of amides is 2. The molecule has 0 aliphatic rings. The average molecular weight is 382 g/mol. The van der Waals surface area contributed by atoms with Crippen molar-refractivity contribution in [3.05, 3.63) is 76.2 Å². The Labute approximate surface area is 162 Å². The van der Waals surface area contributed by atoms with Crippen molar-refractivity contribution in [2.45, 2.75) is 32.5 Å². The number of hydrogen-bond acceptors (Lipinski definition) is 4. The van der Waals surface area contributed by atoms with E-state index in [-0.39, 0.29) is 11.8 Å².